The molecule has 11 heavy (non-hydrogen) atoms. The van der Waals surface area contributed by atoms with Gasteiger partial charge in [0.25, 0.3) is 0 Å². The predicted molar refractivity (Wildman–Crippen MR) is 36.6 cm³/mol. The van der Waals surface area contributed by atoms with E-state index in [9.17, 15) is 4.79 Å². The van der Waals surface area contributed by atoms with Gasteiger partial charge in [-0.05, 0) is 0 Å². The molecule has 0 bridgehead atoms. The van der Waals surface area contributed by atoms with E-state index in [-0.39, 0.29) is 18.1 Å². The van der Waals surface area contributed by atoms with E-state index < -0.39 is 5.79 Å². The van der Waals surface area contributed by atoms with E-state index in [0.717, 1.165) is 6.26 Å². The normalized spacial score (nSPS) is 26.0. The summed E-state index contributed by atoms with van der Waals surface area (Å²) in [4.78, 5) is 10.8. The summed E-state index contributed by atoms with van der Waals surface area (Å²) in [5.74, 6) is -1.10. The van der Waals surface area contributed by atoms with Gasteiger partial charge < -0.3 is 14.6 Å². The molecule has 1 aliphatic rings. The number of cyclic esters (lactones) is 1. The number of aliphatic hydroxyl groups is 1. The van der Waals surface area contributed by atoms with Crippen molar-refractivity contribution in [3.63, 3.8) is 0 Å². The fourth-order valence-corrected chi connectivity index (χ4v) is 0.897. The van der Waals surface area contributed by atoms with Gasteiger partial charge in [-0.3, -0.25) is 4.79 Å². The van der Waals surface area contributed by atoms with Gasteiger partial charge in [-0.2, -0.15) is 0 Å². The van der Waals surface area contributed by atoms with Crippen LogP contribution in [0.3, 0.4) is 0 Å². The average Bonchev–Trinajstić information content (AvgIpc) is 1.83. The van der Waals surface area contributed by atoms with Crippen LogP contribution in [0.2, 0.25) is 0 Å². The molecule has 4 heteroatoms. The molecule has 0 radical (unpaired) electrons. The van der Waals surface area contributed by atoms with Crippen LogP contribution in [0.1, 0.15) is 20.3 Å². The predicted octanol–water partition coefficient (Wildman–Crippen LogP) is 1.09. The Kier molecular flexibility index (Phi) is 1.76. The van der Waals surface area contributed by atoms with Gasteiger partial charge >= 0.3 is 5.97 Å². The van der Waals surface area contributed by atoms with Gasteiger partial charge in [-0.25, -0.2) is 0 Å². The minimum absolute atomic E-state index is 0.0000694. The van der Waals surface area contributed by atoms with Gasteiger partial charge in [0.15, 0.2) is 0 Å². The second kappa shape index (κ2) is 2.45. The van der Waals surface area contributed by atoms with E-state index >= 15 is 0 Å². The number of rotatable bonds is 0. The van der Waals surface area contributed by atoms with Crippen molar-refractivity contribution in [2.24, 2.45) is 0 Å². The SMILES string of the molecule is CC1(C)OC(=O)C/C(=C\O)O1. The van der Waals surface area contributed by atoms with E-state index in [0.29, 0.717) is 0 Å². The standard InChI is InChI=1S/C7H10O4/c1-7(2)10-5(4-8)3-6(9)11-7/h4,8H,3H2,1-2H3/b5-4+. The summed E-state index contributed by atoms with van der Waals surface area (Å²) in [6.45, 7) is 3.21. The molecule has 0 aliphatic carbocycles. The summed E-state index contributed by atoms with van der Waals surface area (Å²) in [5, 5.41) is 8.55. The molecule has 4 nitrogen and oxygen atoms in total. The Morgan fingerprint density at radius 3 is 2.64 bits per heavy atom. The molecule has 1 rings (SSSR count). The maximum atomic E-state index is 10.8. The van der Waals surface area contributed by atoms with Crippen LogP contribution >= 0.6 is 0 Å². The molecule has 1 heterocycles. The third-order valence-corrected chi connectivity index (χ3v) is 1.20. The lowest BCUT2D eigenvalue weighted by atomic mass is 10.3. The second-order valence-electron chi connectivity index (χ2n) is 2.75. The number of carbonyl (C=O) groups excluding carboxylic acids is 1. The molecule has 0 unspecified atom stereocenters. The van der Waals surface area contributed by atoms with Crippen molar-refractivity contribution >= 4 is 5.97 Å². The Balaban J connectivity index is 2.74. The summed E-state index contributed by atoms with van der Waals surface area (Å²) < 4.78 is 9.85. The fraction of sp³-hybridized carbons (Fsp3) is 0.571. The molecule has 1 saturated heterocycles. The highest BCUT2D eigenvalue weighted by molar-refractivity contribution is 5.73. The van der Waals surface area contributed by atoms with Crippen LogP contribution in [0.25, 0.3) is 0 Å². The zero-order valence-electron chi connectivity index (χ0n) is 6.46. The van der Waals surface area contributed by atoms with Gasteiger partial charge in [0, 0.05) is 13.8 Å². The van der Waals surface area contributed by atoms with Gasteiger partial charge in [0.2, 0.25) is 5.79 Å². The molecule has 0 aromatic heterocycles. The van der Waals surface area contributed by atoms with Crippen molar-refractivity contribution in [1.82, 2.24) is 0 Å². The molecular weight excluding hydrogens is 148 g/mol. The Labute approximate surface area is 64.4 Å². The molecule has 0 saturated carbocycles. The van der Waals surface area contributed by atoms with Gasteiger partial charge in [0.1, 0.15) is 18.4 Å². The first-order valence-electron chi connectivity index (χ1n) is 3.27. The smallest absolute Gasteiger partial charge is 0.316 e. The van der Waals surface area contributed by atoms with Crippen LogP contribution in [-0.4, -0.2) is 16.9 Å². The summed E-state index contributed by atoms with van der Waals surface area (Å²) in [6, 6.07) is 0. The minimum Gasteiger partial charge on any atom is -0.512 e. The Bertz CT molecular complexity index is 204. The summed E-state index contributed by atoms with van der Waals surface area (Å²) in [7, 11) is 0. The zero-order chi connectivity index (χ0) is 8.48. The number of carbonyl (C=O) groups is 1. The number of hydrogen-bond donors (Lipinski definition) is 1. The lowest BCUT2D eigenvalue weighted by Crippen LogP contribution is -2.36. The van der Waals surface area contributed by atoms with Crippen molar-refractivity contribution < 1.29 is 19.4 Å². The average molecular weight is 158 g/mol. The first-order chi connectivity index (χ1) is 5.03. The second-order valence-corrected chi connectivity index (χ2v) is 2.75. The number of aliphatic hydroxyl groups excluding tert-OH is 1. The molecule has 0 aromatic carbocycles. The van der Waals surface area contributed by atoms with Crippen molar-refractivity contribution in [3.8, 4) is 0 Å². The van der Waals surface area contributed by atoms with E-state index in [1.54, 1.807) is 13.8 Å². The first-order valence-corrected chi connectivity index (χ1v) is 3.27. The third-order valence-electron chi connectivity index (χ3n) is 1.20. The lowest BCUT2D eigenvalue weighted by Gasteiger charge is -2.31. The van der Waals surface area contributed by atoms with Crippen molar-refractivity contribution in [2.75, 3.05) is 0 Å². The fourth-order valence-electron chi connectivity index (χ4n) is 0.897. The van der Waals surface area contributed by atoms with Crippen LogP contribution in [-0.2, 0) is 14.3 Å². The summed E-state index contributed by atoms with van der Waals surface area (Å²) in [5.41, 5.74) is 0. The summed E-state index contributed by atoms with van der Waals surface area (Å²) in [6.07, 6.45) is 0.780. The molecule has 0 spiro atoms. The van der Waals surface area contributed by atoms with Crippen molar-refractivity contribution in [1.29, 1.82) is 0 Å². The highest BCUT2D eigenvalue weighted by Crippen LogP contribution is 2.24. The minimum atomic E-state index is -0.954. The number of ether oxygens (including phenoxy) is 2. The molecule has 0 amide bonds. The van der Waals surface area contributed by atoms with E-state index in [1.165, 1.54) is 0 Å². The van der Waals surface area contributed by atoms with Crippen LogP contribution in [0, 0.1) is 0 Å². The molecule has 1 N–H and O–H groups in total. The molecule has 1 fully saturated rings. The van der Waals surface area contributed by atoms with Gasteiger partial charge in [0.05, 0.1) is 0 Å². The largest absolute Gasteiger partial charge is 0.512 e. The van der Waals surface area contributed by atoms with Crippen LogP contribution in [0.5, 0.6) is 0 Å². The Morgan fingerprint density at radius 2 is 2.18 bits per heavy atom. The van der Waals surface area contributed by atoms with Crippen LogP contribution in [0.15, 0.2) is 12.0 Å². The van der Waals surface area contributed by atoms with Gasteiger partial charge in [-0.15, -0.1) is 0 Å². The van der Waals surface area contributed by atoms with E-state index in [1.807, 2.05) is 0 Å². The topological polar surface area (TPSA) is 55.8 Å². The zero-order valence-corrected chi connectivity index (χ0v) is 6.46. The molecule has 0 atom stereocenters. The maximum absolute atomic E-state index is 10.8. The van der Waals surface area contributed by atoms with Crippen LogP contribution in [0.4, 0.5) is 0 Å². The Morgan fingerprint density at radius 1 is 1.55 bits per heavy atom. The lowest BCUT2D eigenvalue weighted by molar-refractivity contribution is -0.218. The molecule has 1 aliphatic heterocycles. The van der Waals surface area contributed by atoms with Crippen molar-refractivity contribution in [2.45, 2.75) is 26.1 Å². The van der Waals surface area contributed by atoms with Gasteiger partial charge in [-0.1, -0.05) is 0 Å². The monoisotopic (exact) mass is 158 g/mol. The summed E-state index contributed by atoms with van der Waals surface area (Å²) >= 11 is 0. The highest BCUT2D eigenvalue weighted by atomic mass is 16.7. The molecule has 0 aromatic rings. The third kappa shape index (κ3) is 1.86. The molecular formula is C7H10O4. The first kappa shape index (κ1) is 7.91. The molecule has 62 valence electrons. The maximum Gasteiger partial charge on any atom is 0.316 e. The van der Waals surface area contributed by atoms with Crippen molar-refractivity contribution in [3.05, 3.63) is 12.0 Å². The van der Waals surface area contributed by atoms with E-state index in [4.69, 9.17) is 14.6 Å². The van der Waals surface area contributed by atoms with Crippen LogP contribution < -0.4 is 0 Å². The number of hydrogen-bond acceptors (Lipinski definition) is 4. The van der Waals surface area contributed by atoms with E-state index in [2.05, 4.69) is 0 Å². The Hall–Kier alpha value is -1.19. The quantitative estimate of drug-likeness (QED) is 0.423. The number of esters is 1. The highest BCUT2D eigenvalue weighted by Gasteiger charge is 2.32.